The maximum atomic E-state index is 14.1. The molecule has 42 heavy (non-hydrogen) atoms. The van der Waals surface area contributed by atoms with Gasteiger partial charge in [-0.2, -0.15) is 0 Å². The summed E-state index contributed by atoms with van der Waals surface area (Å²) in [4.78, 5) is 28.6. The van der Waals surface area contributed by atoms with Gasteiger partial charge in [-0.25, -0.2) is 8.42 Å². The largest absolute Gasteiger partial charge is 0.497 e. The normalized spacial score (nSPS) is 11.9. The Morgan fingerprint density at radius 3 is 2.10 bits per heavy atom. The molecule has 0 aromatic heterocycles. The van der Waals surface area contributed by atoms with Crippen LogP contribution in [-0.4, -0.2) is 65.1 Å². The second-order valence-electron chi connectivity index (χ2n) is 10.1. The van der Waals surface area contributed by atoms with Crippen molar-refractivity contribution in [1.29, 1.82) is 0 Å². The molecule has 0 unspecified atom stereocenters. The second-order valence-corrected chi connectivity index (χ2v) is 11.9. The first-order valence-electron chi connectivity index (χ1n) is 13.5. The van der Waals surface area contributed by atoms with E-state index in [2.05, 4.69) is 5.32 Å². The number of benzene rings is 3. The third-order valence-electron chi connectivity index (χ3n) is 6.63. The molecule has 0 radical (unpaired) electrons. The maximum Gasteiger partial charge on any atom is 0.264 e. The van der Waals surface area contributed by atoms with Crippen LogP contribution in [0.25, 0.3) is 0 Å². The van der Waals surface area contributed by atoms with Crippen molar-refractivity contribution in [2.24, 2.45) is 0 Å². The minimum atomic E-state index is -4.28. The van der Waals surface area contributed by atoms with Crippen LogP contribution in [0.1, 0.15) is 31.9 Å². The molecule has 0 aliphatic heterocycles. The summed E-state index contributed by atoms with van der Waals surface area (Å²) in [5, 5.41) is 2.84. The molecule has 1 atom stereocenters. The highest BCUT2D eigenvalue weighted by atomic mass is 32.2. The van der Waals surface area contributed by atoms with Gasteiger partial charge < -0.3 is 24.4 Å². The Kier molecular flexibility index (Phi) is 10.8. The van der Waals surface area contributed by atoms with Crippen LogP contribution in [0.15, 0.2) is 71.6 Å². The van der Waals surface area contributed by atoms with Crippen LogP contribution in [0.3, 0.4) is 0 Å². The number of sulfonamides is 1. The Labute approximate surface area is 248 Å². The van der Waals surface area contributed by atoms with Gasteiger partial charge in [0.1, 0.15) is 29.8 Å². The zero-order valence-corrected chi connectivity index (χ0v) is 25.9. The molecule has 3 aromatic carbocycles. The van der Waals surface area contributed by atoms with Crippen LogP contribution < -0.4 is 23.8 Å². The number of rotatable bonds is 13. The molecular formula is C31H39N3O7S. The number of methoxy groups -OCH3 is 3. The predicted molar refractivity (Wildman–Crippen MR) is 162 cm³/mol. The molecule has 0 saturated carbocycles. The zero-order chi connectivity index (χ0) is 31.0. The number of nitrogens with zero attached hydrogens (tertiary/aromatic N) is 2. The van der Waals surface area contributed by atoms with E-state index < -0.39 is 28.5 Å². The summed E-state index contributed by atoms with van der Waals surface area (Å²) in [6.07, 6.45) is 0. The first-order chi connectivity index (χ1) is 19.9. The first-order valence-corrected chi connectivity index (χ1v) is 14.9. The highest BCUT2D eigenvalue weighted by molar-refractivity contribution is 7.92. The average Bonchev–Trinajstić information content (AvgIpc) is 2.97. The maximum absolute atomic E-state index is 14.1. The Bertz CT molecular complexity index is 1490. The fourth-order valence-electron chi connectivity index (χ4n) is 4.30. The molecule has 10 nitrogen and oxygen atoms in total. The van der Waals surface area contributed by atoms with Crippen molar-refractivity contribution in [3.8, 4) is 17.2 Å². The van der Waals surface area contributed by atoms with E-state index in [1.54, 1.807) is 49.4 Å². The number of ether oxygens (including phenoxy) is 3. The molecule has 226 valence electrons. The molecule has 0 saturated heterocycles. The van der Waals surface area contributed by atoms with Crippen LogP contribution in [0.4, 0.5) is 5.69 Å². The van der Waals surface area contributed by atoms with Crippen molar-refractivity contribution in [3.63, 3.8) is 0 Å². The monoisotopic (exact) mass is 597 g/mol. The molecule has 3 aromatic rings. The lowest BCUT2D eigenvalue weighted by Crippen LogP contribution is -2.52. The standard InChI is InChI=1S/C31H39N3O7S/c1-21(2)32-31(36)23(4)33(19-24-9-8-10-25(17-24)39-5)30(35)20-34(28-18-26(40-6)13-16-29(28)41-7)42(37,38)27-14-11-22(3)12-15-27/h8-18,21,23H,19-20H2,1-7H3,(H,32,36)/t23-/m1/s1. The Balaban J connectivity index is 2.13. The molecule has 0 spiro atoms. The molecular weight excluding hydrogens is 558 g/mol. The van der Waals surface area contributed by atoms with Gasteiger partial charge in [-0.3, -0.25) is 13.9 Å². The van der Waals surface area contributed by atoms with Crippen LogP contribution >= 0.6 is 0 Å². The topological polar surface area (TPSA) is 114 Å². The summed E-state index contributed by atoms with van der Waals surface area (Å²) in [7, 11) is 0.135. The van der Waals surface area contributed by atoms with Gasteiger partial charge >= 0.3 is 0 Å². The number of carbonyl (C=O) groups is 2. The van der Waals surface area contributed by atoms with E-state index in [-0.39, 0.29) is 34.8 Å². The van der Waals surface area contributed by atoms with Gasteiger partial charge in [-0.15, -0.1) is 0 Å². The number of hydrogen-bond acceptors (Lipinski definition) is 7. The third-order valence-corrected chi connectivity index (χ3v) is 8.40. The molecule has 0 heterocycles. The third kappa shape index (κ3) is 7.73. The highest BCUT2D eigenvalue weighted by Gasteiger charge is 2.34. The van der Waals surface area contributed by atoms with Gasteiger partial charge in [0, 0.05) is 18.7 Å². The SMILES string of the molecule is COc1cccc(CN(C(=O)CN(c2cc(OC)ccc2OC)S(=O)(=O)c2ccc(C)cc2)[C@H](C)C(=O)NC(C)C)c1. The van der Waals surface area contributed by atoms with Gasteiger partial charge in [0.2, 0.25) is 11.8 Å². The molecule has 0 aliphatic carbocycles. The molecule has 0 bridgehead atoms. The Morgan fingerprint density at radius 2 is 1.50 bits per heavy atom. The molecule has 11 heteroatoms. The Morgan fingerprint density at radius 1 is 0.857 bits per heavy atom. The number of nitrogens with one attached hydrogen (secondary N) is 1. The lowest BCUT2D eigenvalue weighted by Gasteiger charge is -2.32. The van der Waals surface area contributed by atoms with Gasteiger partial charge in [0.25, 0.3) is 10.0 Å². The lowest BCUT2D eigenvalue weighted by atomic mass is 10.1. The van der Waals surface area contributed by atoms with Gasteiger partial charge in [0.05, 0.1) is 31.9 Å². The van der Waals surface area contributed by atoms with Crippen LogP contribution in [0.5, 0.6) is 17.2 Å². The van der Waals surface area contributed by atoms with Crippen LogP contribution in [-0.2, 0) is 26.2 Å². The Hall–Kier alpha value is -4.25. The van der Waals surface area contributed by atoms with Crippen molar-refractivity contribution in [2.75, 3.05) is 32.2 Å². The smallest absolute Gasteiger partial charge is 0.264 e. The van der Waals surface area contributed by atoms with Crippen molar-refractivity contribution in [2.45, 2.75) is 51.2 Å². The number of aryl methyl sites for hydroxylation is 1. The van der Waals surface area contributed by atoms with Gasteiger partial charge in [-0.1, -0.05) is 29.8 Å². The number of hydrogen-bond donors (Lipinski definition) is 1. The minimum Gasteiger partial charge on any atom is -0.497 e. The van der Waals surface area contributed by atoms with Crippen molar-refractivity contribution >= 4 is 27.5 Å². The summed E-state index contributed by atoms with van der Waals surface area (Å²) < 4.78 is 45.4. The van der Waals surface area contributed by atoms with Crippen molar-refractivity contribution in [3.05, 3.63) is 77.9 Å². The number of anilines is 1. The molecule has 2 amide bonds. The fraction of sp³-hybridized carbons (Fsp3) is 0.355. The molecule has 3 rings (SSSR count). The quantitative estimate of drug-likeness (QED) is 0.315. The van der Waals surface area contributed by atoms with E-state index in [1.165, 1.54) is 44.4 Å². The van der Waals surface area contributed by atoms with E-state index in [4.69, 9.17) is 14.2 Å². The van der Waals surface area contributed by atoms with E-state index in [0.717, 1.165) is 9.87 Å². The summed E-state index contributed by atoms with van der Waals surface area (Å²) in [6.45, 7) is 6.54. The van der Waals surface area contributed by atoms with E-state index >= 15 is 0 Å². The summed E-state index contributed by atoms with van der Waals surface area (Å²) >= 11 is 0. The second kappa shape index (κ2) is 14.1. The number of amides is 2. The zero-order valence-electron chi connectivity index (χ0n) is 25.1. The van der Waals surface area contributed by atoms with Crippen molar-refractivity contribution in [1.82, 2.24) is 10.2 Å². The fourth-order valence-corrected chi connectivity index (χ4v) is 5.71. The number of carbonyl (C=O) groups excluding carboxylic acids is 2. The molecule has 0 aliphatic rings. The highest BCUT2D eigenvalue weighted by Crippen LogP contribution is 2.36. The first kappa shape index (κ1) is 32.3. The van der Waals surface area contributed by atoms with Gasteiger partial charge in [-0.05, 0) is 69.7 Å². The molecule has 1 N–H and O–H groups in total. The van der Waals surface area contributed by atoms with E-state index in [1.807, 2.05) is 26.8 Å². The summed E-state index contributed by atoms with van der Waals surface area (Å²) in [5.41, 5.74) is 1.70. The van der Waals surface area contributed by atoms with E-state index in [9.17, 15) is 18.0 Å². The van der Waals surface area contributed by atoms with Gasteiger partial charge in [0.15, 0.2) is 0 Å². The predicted octanol–water partition coefficient (Wildman–Crippen LogP) is 4.16. The van der Waals surface area contributed by atoms with Crippen LogP contribution in [0.2, 0.25) is 0 Å². The lowest BCUT2D eigenvalue weighted by molar-refractivity contribution is -0.139. The minimum absolute atomic E-state index is 0.00396. The van der Waals surface area contributed by atoms with E-state index in [0.29, 0.717) is 17.1 Å². The summed E-state index contributed by atoms with van der Waals surface area (Å²) in [5.74, 6) is 0.228. The average molecular weight is 598 g/mol. The van der Waals surface area contributed by atoms with Crippen LogP contribution in [0, 0.1) is 6.92 Å². The van der Waals surface area contributed by atoms with Crippen molar-refractivity contribution < 1.29 is 32.2 Å². The summed E-state index contributed by atoms with van der Waals surface area (Å²) in [6, 6.07) is 17.1. The molecule has 0 fully saturated rings.